The zero-order valence-corrected chi connectivity index (χ0v) is 22.6. The summed E-state index contributed by atoms with van der Waals surface area (Å²) in [6.07, 6.45) is 4.99. The summed E-state index contributed by atoms with van der Waals surface area (Å²) in [4.78, 5) is 31.6. The first-order valence-corrected chi connectivity index (χ1v) is 14.4. The lowest BCUT2D eigenvalue weighted by molar-refractivity contribution is 0.0974. The highest BCUT2D eigenvalue weighted by Crippen LogP contribution is 2.42. The number of ketones is 2. The molecule has 5 aromatic carbocycles. The van der Waals surface area contributed by atoms with Gasteiger partial charge in [0.25, 0.3) is 0 Å². The van der Waals surface area contributed by atoms with Crippen molar-refractivity contribution in [3.8, 4) is 0 Å². The van der Waals surface area contributed by atoms with E-state index in [9.17, 15) is 9.59 Å². The van der Waals surface area contributed by atoms with Gasteiger partial charge in [0.2, 0.25) is 0 Å². The molecule has 0 amide bonds. The van der Waals surface area contributed by atoms with Crippen LogP contribution in [0, 0.1) is 0 Å². The Morgan fingerprint density at radius 2 is 1.31 bits per heavy atom. The van der Waals surface area contributed by atoms with Gasteiger partial charge in [-0.15, -0.1) is 0 Å². The van der Waals surface area contributed by atoms with Crippen molar-refractivity contribution in [3.05, 3.63) is 146 Å². The Morgan fingerprint density at radius 1 is 0.615 bits per heavy atom. The summed E-state index contributed by atoms with van der Waals surface area (Å²) in [5.41, 5.74) is 3.18. The number of allylic oxidation sites excluding steroid dienone is 2. The second-order valence-electron chi connectivity index (χ2n) is 9.74. The highest BCUT2D eigenvalue weighted by atomic mass is 32.2. The molecule has 2 aliphatic carbocycles. The van der Waals surface area contributed by atoms with Crippen LogP contribution in [0.3, 0.4) is 0 Å². The van der Waals surface area contributed by atoms with Gasteiger partial charge in [-0.2, -0.15) is 0 Å². The lowest BCUT2D eigenvalue weighted by atomic mass is 9.84. The van der Waals surface area contributed by atoms with Crippen molar-refractivity contribution in [2.24, 2.45) is 0 Å². The quantitative estimate of drug-likeness (QED) is 0.238. The van der Waals surface area contributed by atoms with Crippen molar-refractivity contribution >= 4 is 58.5 Å². The van der Waals surface area contributed by atoms with E-state index in [1.165, 1.54) is 27.9 Å². The minimum absolute atomic E-state index is 0.0931. The average molecular weight is 539 g/mol. The Labute approximate surface area is 234 Å². The Morgan fingerprint density at radius 3 is 2.05 bits per heavy atom. The third-order valence-electron chi connectivity index (χ3n) is 7.21. The lowest BCUT2D eigenvalue weighted by Gasteiger charge is -2.22. The van der Waals surface area contributed by atoms with Gasteiger partial charge in [-0.05, 0) is 55.9 Å². The molecule has 0 heterocycles. The van der Waals surface area contributed by atoms with Crippen LogP contribution >= 0.6 is 23.5 Å². The van der Waals surface area contributed by atoms with E-state index < -0.39 is 0 Å². The molecule has 0 saturated heterocycles. The molecule has 5 aromatic rings. The lowest BCUT2D eigenvalue weighted by Crippen LogP contribution is -2.22. The Balaban J connectivity index is 1.25. The van der Waals surface area contributed by atoms with Crippen molar-refractivity contribution in [2.45, 2.75) is 21.1 Å². The number of carbonyl (C=O) groups is 2. The summed E-state index contributed by atoms with van der Waals surface area (Å²) in [5.74, 6) is -0.188. The van der Waals surface area contributed by atoms with Crippen LogP contribution < -0.4 is 10.4 Å². The molecule has 39 heavy (non-hydrogen) atoms. The van der Waals surface area contributed by atoms with Crippen molar-refractivity contribution in [3.63, 3.8) is 0 Å². The van der Waals surface area contributed by atoms with Crippen LogP contribution in [0.1, 0.15) is 37.4 Å². The molecule has 2 aliphatic rings. The summed E-state index contributed by atoms with van der Waals surface area (Å²) in [7, 11) is 0. The van der Waals surface area contributed by atoms with E-state index in [1.807, 2.05) is 42.5 Å². The molecule has 0 bridgehead atoms. The van der Waals surface area contributed by atoms with E-state index in [4.69, 9.17) is 0 Å². The van der Waals surface area contributed by atoms with Crippen LogP contribution in [0.5, 0.6) is 0 Å². The van der Waals surface area contributed by atoms with Crippen LogP contribution in [0.15, 0.2) is 123 Å². The van der Waals surface area contributed by atoms with Crippen molar-refractivity contribution in [1.29, 1.82) is 0 Å². The average Bonchev–Trinajstić information content (AvgIpc) is 2.95. The number of hydrogen-bond acceptors (Lipinski definition) is 4. The summed E-state index contributed by atoms with van der Waals surface area (Å²) in [6, 6.07) is 31.9. The van der Waals surface area contributed by atoms with Crippen LogP contribution in [-0.4, -0.2) is 11.6 Å². The SMILES string of the molecule is C=c1ccc2c(c1)CC(Sc1cccc3c1C(=O)c1cccc(Sc4ccc5ccccc5c4)c1C3=O)=CC=2. The van der Waals surface area contributed by atoms with E-state index in [1.54, 1.807) is 23.9 Å². The van der Waals surface area contributed by atoms with E-state index >= 15 is 0 Å². The number of hydrogen-bond donors (Lipinski definition) is 0. The van der Waals surface area contributed by atoms with Gasteiger partial charge in [0.1, 0.15) is 0 Å². The smallest absolute Gasteiger partial charge is 0.195 e. The molecule has 0 unspecified atom stereocenters. The van der Waals surface area contributed by atoms with E-state index in [2.05, 4.69) is 61.2 Å². The fraction of sp³-hybridized carbons (Fsp3) is 0.0286. The molecule has 0 saturated carbocycles. The van der Waals surface area contributed by atoms with Crippen molar-refractivity contribution in [1.82, 2.24) is 0 Å². The summed E-state index contributed by atoms with van der Waals surface area (Å²) in [5, 5.41) is 4.49. The van der Waals surface area contributed by atoms with Gasteiger partial charge in [0.15, 0.2) is 11.6 Å². The Kier molecular flexibility index (Phi) is 5.88. The molecule has 0 radical (unpaired) electrons. The predicted octanol–water partition coefficient (Wildman–Crippen LogP) is 7.19. The van der Waals surface area contributed by atoms with Crippen molar-refractivity contribution < 1.29 is 9.59 Å². The summed E-state index contributed by atoms with van der Waals surface area (Å²) >= 11 is 3.10. The fourth-order valence-electron chi connectivity index (χ4n) is 5.32. The normalized spacial score (nSPS) is 13.8. The maximum atomic E-state index is 13.9. The largest absolute Gasteiger partial charge is 0.289 e. The molecule has 186 valence electrons. The summed E-state index contributed by atoms with van der Waals surface area (Å²) < 4.78 is 0. The van der Waals surface area contributed by atoms with E-state index in [-0.39, 0.29) is 11.6 Å². The molecule has 7 rings (SSSR count). The molecule has 0 N–H and O–H groups in total. The number of thioether (sulfide) groups is 1. The minimum atomic E-state index is -0.0952. The number of benzene rings is 5. The van der Waals surface area contributed by atoms with Crippen molar-refractivity contribution in [2.75, 3.05) is 0 Å². The standard InChI is InChI=1S/C35H22O2S2/c1-21-12-13-23-15-17-27(20-25(23)18-21)39-31-11-5-9-29-33(31)35(37)28-8-4-10-30(32(28)34(29)36)38-26-16-14-22-6-2-3-7-24(22)19-26/h2-19H,1,20H2. The molecule has 2 nitrogen and oxygen atoms in total. The second-order valence-corrected chi connectivity index (χ2v) is 12.0. The third-order valence-corrected chi connectivity index (χ3v) is 9.36. The van der Waals surface area contributed by atoms with E-state index in [0.717, 1.165) is 36.6 Å². The second kappa shape index (κ2) is 9.57. The molecular weight excluding hydrogens is 517 g/mol. The maximum Gasteiger partial charge on any atom is 0.195 e. The van der Waals surface area contributed by atoms with Crippen LogP contribution in [0.2, 0.25) is 0 Å². The van der Waals surface area contributed by atoms with E-state index in [0.29, 0.717) is 22.3 Å². The molecule has 0 aromatic heterocycles. The molecule has 0 fully saturated rings. The molecule has 0 spiro atoms. The maximum absolute atomic E-state index is 13.9. The van der Waals surface area contributed by atoms with Gasteiger partial charge in [-0.3, -0.25) is 9.59 Å². The molecule has 0 atom stereocenters. The molecule has 0 aliphatic heterocycles. The van der Waals surface area contributed by atoms with Crippen LogP contribution in [-0.2, 0) is 6.42 Å². The Hall–Kier alpha value is -4.12. The zero-order chi connectivity index (χ0) is 26.5. The van der Waals surface area contributed by atoms with Gasteiger partial charge in [-0.25, -0.2) is 0 Å². The highest BCUT2D eigenvalue weighted by molar-refractivity contribution is 8.03. The monoisotopic (exact) mass is 538 g/mol. The Bertz CT molecular complexity index is 2000. The summed E-state index contributed by atoms with van der Waals surface area (Å²) in [6.45, 7) is 4.06. The topological polar surface area (TPSA) is 34.1 Å². The van der Waals surface area contributed by atoms with Gasteiger partial charge < -0.3 is 0 Å². The van der Waals surface area contributed by atoms with Gasteiger partial charge in [0.05, 0.1) is 0 Å². The minimum Gasteiger partial charge on any atom is -0.289 e. The zero-order valence-electron chi connectivity index (χ0n) is 20.9. The number of fused-ring (bicyclic) bond motifs is 4. The first-order chi connectivity index (χ1) is 19.0. The van der Waals surface area contributed by atoms with Gasteiger partial charge in [-0.1, -0.05) is 115 Å². The van der Waals surface area contributed by atoms with Gasteiger partial charge >= 0.3 is 0 Å². The predicted molar refractivity (Wildman–Crippen MR) is 161 cm³/mol. The molecule has 4 heteroatoms. The molecular formula is C35H22O2S2. The van der Waals surface area contributed by atoms with Gasteiger partial charge in [0, 0.05) is 43.4 Å². The van der Waals surface area contributed by atoms with Crippen LogP contribution in [0.4, 0.5) is 0 Å². The number of rotatable bonds is 4. The highest BCUT2D eigenvalue weighted by Gasteiger charge is 2.34. The third kappa shape index (κ3) is 4.26. The van der Waals surface area contributed by atoms with Crippen LogP contribution in [0.25, 0.3) is 23.4 Å². The number of carbonyl (C=O) groups excluding carboxylic acids is 2. The first kappa shape index (κ1) is 24.0. The first-order valence-electron chi connectivity index (χ1n) is 12.7. The fourth-order valence-corrected chi connectivity index (χ4v) is 7.45.